The highest BCUT2D eigenvalue weighted by atomic mass is 16.2. The molecule has 0 atom stereocenters. The van der Waals surface area contributed by atoms with Crippen LogP contribution in [0.5, 0.6) is 0 Å². The first-order valence-corrected chi connectivity index (χ1v) is 13.4. The van der Waals surface area contributed by atoms with Crippen molar-refractivity contribution >= 4 is 35.2 Å². The lowest BCUT2D eigenvalue weighted by molar-refractivity contribution is -0.138. The van der Waals surface area contributed by atoms with Crippen molar-refractivity contribution in [3.8, 4) is 0 Å². The van der Waals surface area contributed by atoms with E-state index in [0.29, 0.717) is 32.6 Å². The Morgan fingerprint density at radius 3 is 2.23 bits per heavy atom. The van der Waals surface area contributed by atoms with Crippen molar-refractivity contribution in [3.63, 3.8) is 0 Å². The van der Waals surface area contributed by atoms with Crippen molar-refractivity contribution in [3.05, 3.63) is 102 Å². The topological polar surface area (TPSA) is 73.0 Å². The number of anilines is 2. The first kappa shape index (κ1) is 26.2. The SMILES string of the molecule is Cc1ccc(NC(=O)CN2CN(c3ccccc3)C3(CCN(C(=O)/C=C/c4ccccc4)CC3)C2=O)cc1C. The molecule has 0 radical (unpaired) electrons. The summed E-state index contributed by atoms with van der Waals surface area (Å²) < 4.78 is 0. The molecule has 1 N–H and O–H groups in total. The lowest BCUT2D eigenvalue weighted by Gasteiger charge is -2.43. The Labute approximate surface area is 229 Å². The second-order valence-electron chi connectivity index (χ2n) is 10.4. The first-order valence-electron chi connectivity index (χ1n) is 13.4. The molecular formula is C32H34N4O3. The number of carbonyl (C=O) groups excluding carboxylic acids is 3. The summed E-state index contributed by atoms with van der Waals surface area (Å²) in [5, 5.41) is 2.94. The van der Waals surface area contributed by atoms with E-state index in [1.165, 1.54) is 0 Å². The van der Waals surface area contributed by atoms with Crippen LogP contribution in [0.4, 0.5) is 11.4 Å². The van der Waals surface area contributed by atoms with Crippen molar-refractivity contribution in [2.24, 2.45) is 0 Å². The smallest absolute Gasteiger partial charge is 0.250 e. The predicted molar refractivity (Wildman–Crippen MR) is 154 cm³/mol. The van der Waals surface area contributed by atoms with Crippen LogP contribution < -0.4 is 10.2 Å². The molecule has 3 aromatic rings. The molecule has 3 amide bonds. The normalized spacial score (nSPS) is 16.8. The lowest BCUT2D eigenvalue weighted by Crippen LogP contribution is -2.57. The average molecular weight is 523 g/mol. The van der Waals surface area contributed by atoms with Gasteiger partial charge in [-0.15, -0.1) is 0 Å². The molecule has 200 valence electrons. The zero-order valence-corrected chi connectivity index (χ0v) is 22.5. The number of para-hydroxylation sites is 1. The summed E-state index contributed by atoms with van der Waals surface area (Å²) in [5.41, 5.74) is 4.09. The van der Waals surface area contributed by atoms with Crippen LogP contribution in [-0.2, 0) is 14.4 Å². The summed E-state index contributed by atoms with van der Waals surface area (Å²) in [4.78, 5) is 45.4. The van der Waals surface area contributed by atoms with Gasteiger partial charge in [-0.25, -0.2) is 0 Å². The molecule has 0 aliphatic carbocycles. The van der Waals surface area contributed by atoms with E-state index in [4.69, 9.17) is 0 Å². The van der Waals surface area contributed by atoms with E-state index in [0.717, 1.165) is 28.1 Å². The van der Waals surface area contributed by atoms with E-state index in [1.807, 2.05) is 98.8 Å². The molecule has 0 unspecified atom stereocenters. The molecule has 39 heavy (non-hydrogen) atoms. The fourth-order valence-corrected chi connectivity index (χ4v) is 5.45. The maximum atomic E-state index is 13.9. The van der Waals surface area contributed by atoms with Gasteiger partial charge >= 0.3 is 0 Å². The number of piperidine rings is 1. The quantitative estimate of drug-likeness (QED) is 0.480. The van der Waals surface area contributed by atoms with Gasteiger partial charge in [0.2, 0.25) is 11.8 Å². The number of nitrogens with one attached hydrogen (secondary N) is 1. The van der Waals surface area contributed by atoms with Crippen LogP contribution in [0.15, 0.2) is 84.9 Å². The fourth-order valence-electron chi connectivity index (χ4n) is 5.45. The van der Waals surface area contributed by atoms with Gasteiger partial charge in [-0.3, -0.25) is 14.4 Å². The Hall–Kier alpha value is -4.39. The second-order valence-corrected chi connectivity index (χ2v) is 10.4. The van der Waals surface area contributed by atoms with Gasteiger partial charge in [0.1, 0.15) is 12.1 Å². The molecule has 0 aromatic heterocycles. The zero-order chi connectivity index (χ0) is 27.4. The van der Waals surface area contributed by atoms with Crippen LogP contribution in [0.2, 0.25) is 0 Å². The van der Waals surface area contributed by atoms with E-state index in [9.17, 15) is 14.4 Å². The largest absolute Gasteiger partial charge is 0.339 e. The lowest BCUT2D eigenvalue weighted by atomic mass is 9.85. The highest BCUT2D eigenvalue weighted by Crippen LogP contribution is 2.39. The van der Waals surface area contributed by atoms with E-state index in [-0.39, 0.29) is 24.3 Å². The number of hydrogen-bond donors (Lipinski definition) is 1. The summed E-state index contributed by atoms with van der Waals surface area (Å²) in [6.07, 6.45) is 4.42. The van der Waals surface area contributed by atoms with E-state index >= 15 is 0 Å². The standard InChI is InChI=1S/C32H34N4O3/c1-24-13-15-27(21-25(24)2)33-29(37)22-35-23-36(28-11-7-4-8-12-28)32(31(35)39)17-19-34(20-18-32)30(38)16-14-26-9-5-3-6-10-26/h3-16,21H,17-20,22-23H2,1-2H3,(H,33,37)/b16-14+. The van der Waals surface area contributed by atoms with Crippen LogP contribution in [-0.4, -0.2) is 59.4 Å². The van der Waals surface area contributed by atoms with Crippen molar-refractivity contribution in [1.29, 1.82) is 0 Å². The number of rotatable bonds is 6. The van der Waals surface area contributed by atoms with Crippen LogP contribution in [0, 0.1) is 13.8 Å². The second kappa shape index (κ2) is 11.2. The Morgan fingerprint density at radius 1 is 0.897 bits per heavy atom. The average Bonchev–Trinajstić information content (AvgIpc) is 3.21. The summed E-state index contributed by atoms with van der Waals surface area (Å²) >= 11 is 0. The molecular weight excluding hydrogens is 488 g/mol. The van der Waals surface area contributed by atoms with Crippen molar-refractivity contribution < 1.29 is 14.4 Å². The van der Waals surface area contributed by atoms with Crippen molar-refractivity contribution in [1.82, 2.24) is 9.80 Å². The van der Waals surface area contributed by atoms with E-state index in [2.05, 4.69) is 10.2 Å². The monoisotopic (exact) mass is 522 g/mol. The number of nitrogens with zero attached hydrogens (tertiary/aromatic N) is 3. The minimum atomic E-state index is -0.790. The molecule has 2 aliphatic rings. The number of carbonyl (C=O) groups is 3. The number of hydrogen-bond acceptors (Lipinski definition) is 4. The molecule has 2 aliphatic heterocycles. The third-order valence-corrected chi connectivity index (χ3v) is 7.83. The molecule has 2 saturated heterocycles. The Morgan fingerprint density at radius 2 is 1.56 bits per heavy atom. The van der Waals surface area contributed by atoms with Gasteiger partial charge in [-0.2, -0.15) is 0 Å². The van der Waals surface area contributed by atoms with Gasteiger partial charge in [0.05, 0.1) is 6.67 Å². The number of aryl methyl sites for hydroxylation is 2. The predicted octanol–water partition coefficient (Wildman–Crippen LogP) is 4.62. The third kappa shape index (κ3) is 5.58. The molecule has 2 fully saturated rings. The minimum absolute atomic E-state index is 0.0285. The molecule has 0 saturated carbocycles. The number of likely N-dealkylation sites (tertiary alicyclic amines) is 1. The van der Waals surface area contributed by atoms with Gasteiger partial charge in [0.15, 0.2) is 0 Å². The van der Waals surface area contributed by atoms with Crippen molar-refractivity contribution in [2.75, 3.05) is 36.5 Å². The van der Waals surface area contributed by atoms with Gasteiger partial charge < -0.3 is 20.0 Å². The number of amides is 3. The highest BCUT2D eigenvalue weighted by molar-refractivity contribution is 5.99. The Bertz CT molecular complexity index is 1380. The van der Waals surface area contributed by atoms with Crippen molar-refractivity contribution in [2.45, 2.75) is 32.2 Å². The van der Waals surface area contributed by atoms with E-state index < -0.39 is 5.54 Å². The summed E-state index contributed by atoms with van der Waals surface area (Å²) in [5.74, 6) is -0.348. The Balaban J connectivity index is 1.30. The molecule has 5 rings (SSSR count). The van der Waals surface area contributed by atoms with E-state index in [1.54, 1.807) is 15.9 Å². The molecule has 1 spiro atoms. The first-order chi connectivity index (χ1) is 18.9. The summed E-state index contributed by atoms with van der Waals surface area (Å²) in [6.45, 7) is 5.26. The molecule has 2 heterocycles. The maximum Gasteiger partial charge on any atom is 0.250 e. The molecule has 7 nitrogen and oxygen atoms in total. The number of benzene rings is 3. The van der Waals surface area contributed by atoms with Crippen LogP contribution >= 0.6 is 0 Å². The van der Waals surface area contributed by atoms with Gasteiger partial charge in [-0.05, 0) is 73.7 Å². The molecule has 3 aromatic carbocycles. The van der Waals surface area contributed by atoms with Crippen LogP contribution in [0.1, 0.15) is 29.5 Å². The zero-order valence-electron chi connectivity index (χ0n) is 22.5. The van der Waals surface area contributed by atoms with Gasteiger partial charge in [0, 0.05) is 30.5 Å². The summed E-state index contributed by atoms with van der Waals surface area (Å²) in [6, 6.07) is 25.4. The highest BCUT2D eigenvalue weighted by Gasteiger charge is 2.54. The molecule has 0 bridgehead atoms. The minimum Gasteiger partial charge on any atom is -0.339 e. The van der Waals surface area contributed by atoms with Crippen LogP contribution in [0.3, 0.4) is 0 Å². The fraction of sp³-hybridized carbons (Fsp3) is 0.281. The molecule has 7 heteroatoms. The third-order valence-electron chi connectivity index (χ3n) is 7.83. The van der Waals surface area contributed by atoms with Crippen LogP contribution in [0.25, 0.3) is 6.08 Å². The van der Waals surface area contributed by atoms with Gasteiger partial charge in [0.25, 0.3) is 5.91 Å². The summed E-state index contributed by atoms with van der Waals surface area (Å²) in [7, 11) is 0. The Kier molecular flexibility index (Phi) is 7.50. The van der Waals surface area contributed by atoms with Gasteiger partial charge in [-0.1, -0.05) is 54.6 Å². The maximum absolute atomic E-state index is 13.9.